The fraction of sp³-hybridized carbons (Fsp3) is 0.694. The maximum absolute atomic E-state index is 12.7. The smallest absolute Gasteiger partial charge is 0.472 e. The molecule has 1 rings (SSSR count). The molecule has 0 aromatic rings. The Morgan fingerprint density at radius 1 is 0.714 bits per heavy atom. The number of aliphatic hydroxyl groups is 4. The van der Waals surface area contributed by atoms with Gasteiger partial charge in [-0.15, -0.1) is 0 Å². The van der Waals surface area contributed by atoms with Gasteiger partial charge in [-0.2, -0.15) is 0 Å². The number of carbonyl (C=O) groups excluding carboxylic acids is 1. The van der Waals surface area contributed by atoms with Gasteiger partial charge in [0, 0.05) is 13.0 Å². The zero-order chi connectivity index (χ0) is 46.1. The Bertz CT molecular complexity index is 1380. The third-order valence-corrected chi connectivity index (χ3v) is 11.1. The Balaban J connectivity index is 2.45. The summed E-state index contributed by atoms with van der Waals surface area (Å²) in [6, 6.07) is 0. The van der Waals surface area contributed by atoms with Crippen molar-refractivity contribution in [2.24, 2.45) is 0 Å². The lowest BCUT2D eigenvalue weighted by molar-refractivity contribution is -0.317. The number of nitrogens with one attached hydrogen (secondary N) is 1. The van der Waals surface area contributed by atoms with E-state index in [0.29, 0.717) is 6.42 Å². The van der Waals surface area contributed by atoms with Crippen LogP contribution in [0, 0.1) is 0 Å². The molecule has 1 saturated heterocycles. The van der Waals surface area contributed by atoms with Crippen LogP contribution in [0.25, 0.3) is 0 Å². The number of allylic oxidation sites excluding steroid dienone is 13. The minimum absolute atomic E-state index is 0.0644. The zero-order valence-corrected chi connectivity index (χ0v) is 39.4. The molecule has 0 aliphatic carbocycles. The molecule has 6 atom stereocenters. The SMILES string of the molecule is CC/C=C\C/C=C\C/C=C\C/C=C\C/C=C\C/C=C\CCC(=O)O[C@H](CO/C=C\CCCCCCCCCCCCCC)COP(=O)(O)OCCNC[C@@]1(O)OC[C@@H](O)[C@@H](O)[C@@H]1O. The van der Waals surface area contributed by atoms with Gasteiger partial charge in [0.25, 0.3) is 0 Å². The summed E-state index contributed by atoms with van der Waals surface area (Å²) in [7, 11) is -4.59. The number of phosphoric ester groups is 1. The average Bonchev–Trinajstić information content (AvgIpc) is 3.26. The van der Waals surface area contributed by atoms with E-state index in [2.05, 4.69) is 79.9 Å². The van der Waals surface area contributed by atoms with E-state index in [-0.39, 0.29) is 39.3 Å². The molecule has 362 valence electrons. The van der Waals surface area contributed by atoms with E-state index in [0.717, 1.165) is 57.8 Å². The predicted molar refractivity (Wildman–Crippen MR) is 252 cm³/mol. The molecule has 14 heteroatoms. The van der Waals surface area contributed by atoms with Crippen LogP contribution < -0.4 is 5.32 Å². The predicted octanol–water partition coefficient (Wildman–Crippen LogP) is 9.52. The molecule has 0 amide bonds. The molecule has 0 bridgehead atoms. The normalized spacial score (nSPS) is 21.3. The Morgan fingerprint density at radius 2 is 1.24 bits per heavy atom. The minimum Gasteiger partial charge on any atom is -0.498 e. The van der Waals surface area contributed by atoms with Gasteiger partial charge in [0.05, 0.1) is 32.6 Å². The maximum atomic E-state index is 12.7. The summed E-state index contributed by atoms with van der Waals surface area (Å²) in [6.07, 6.45) is 45.4. The molecule has 0 radical (unpaired) electrons. The lowest BCUT2D eigenvalue weighted by atomic mass is 9.97. The Morgan fingerprint density at radius 3 is 1.79 bits per heavy atom. The zero-order valence-electron chi connectivity index (χ0n) is 38.5. The highest BCUT2D eigenvalue weighted by Crippen LogP contribution is 2.43. The Hall–Kier alpha value is -2.68. The van der Waals surface area contributed by atoms with Crippen molar-refractivity contribution >= 4 is 13.8 Å². The van der Waals surface area contributed by atoms with Gasteiger partial charge in [0.1, 0.15) is 24.9 Å². The molecule has 1 heterocycles. The van der Waals surface area contributed by atoms with Crippen molar-refractivity contribution in [3.05, 3.63) is 85.3 Å². The van der Waals surface area contributed by atoms with E-state index in [1.54, 1.807) is 6.26 Å². The van der Waals surface area contributed by atoms with Crippen LogP contribution in [-0.2, 0) is 32.6 Å². The van der Waals surface area contributed by atoms with Gasteiger partial charge in [0.2, 0.25) is 5.79 Å². The van der Waals surface area contributed by atoms with E-state index >= 15 is 0 Å². The van der Waals surface area contributed by atoms with Crippen molar-refractivity contribution in [2.45, 2.75) is 179 Å². The van der Waals surface area contributed by atoms with Gasteiger partial charge in [-0.05, 0) is 63.9 Å². The van der Waals surface area contributed by atoms with Crippen molar-refractivity contribution in [3.8, 4) is 0 Å². The molecule has 0 spiro atoms. The first-order chi connectivity index (χ1) is 30.5. The number of phosphoric acid groups is 1. The monoisotopic (exact) mass is 910 g/mol. The topological polar surface area (TPSA) is 193 Å². The van der Waals surface area contributed by atoms with Crippen molar-refractivity contribution in [1.82, 2.24) is 5.32 Å². The third-order valence-electron chi connectivity index (χ3n) is 10.1. The summed E-state index contributed by atoms with van der Waals surface area (Å²) in [5, 5.41) is 42.7. The summed E-state index contributed by atoms with van der Waals surface area (Å²) in [4.78, 5) is 23.0. The van der Waals surface area contributed by atoms with Crippen molar-refractivity contribution in [3.63, 3.8) is 0 Å². The maximum Gasteiger partial charge on any atom is 0.472 e. The fourth-order valence-electron chi connectivity index (χ4n) is 6.37. The molecule has 63 heavy (non-hydrogen) atoms. The highest BCUT2D eigenvalue weighted by atomic mass is 31.2. The van der Waals surface area contributed by atoms with E-state index < -0.39 is 50.6 Å². The van der Waals surface area contributed by atoms with E-state index in [4.69, 9.17) is 23.3 Å². The molecular weight excluding hydrogens is 826 g/mol. The molecule has 0 saturated carbocycles. The summed E-state index contributed by atoms with van der Waals surface area (Å²) < 4.78 is 39.1. The summed E-state index contributed by atoms with van der Waals surface area (Å²) in [5.41, 5.74) is 0. The van der Waals surface area contributed by atoms with Gasteiger partial charge in [-0.25, -0.2) is 4.57 Å². The van der Waals surface area contributed by atoms with Crippen LogP contribution in [0.15, 0.2) is 85.3 Å². The first-order valence-electron chi connectivity index (χ1n) is 23.6. The van der Waals surface area contributed by atoms with Crippen LogP contribution in [0.2, 0.25) is 0 Å². The van der Waals surface area contributed by atoms with Crippen LogP contribution in [-0.4, -0.2) is 101 Å². The lowest BCUT2D eigenvalue weighted by Crippen LogP contribution is -2.64. The molecule has 6 N–H and O–H groups in total. The molecule has 1 aliphatic rings. The Kier molecular flexibility index (Phi) is 36.7. The summed E-state index contributed by atoms with van der Waals surface area (Å²) in [6.45, 7) is 2.68. The number of carbonyl (C=O) groups is 1. The van der Waals surface area contributed by atoms with E-state index in [1.807, 2.05) is 18.2 Å². The number of aliphatic hydroxyl groups excluding tert-OH is 3. The van der Waals surface area contributed by atoms with Gasteiger partial charge < -0.3 is 44.8 Å². The third kappa shape index (κ3) is 33.5. The molecule has 1 fully saturated rings. The molecule has 0 aromatic heterocycles. The minimum atomic E-state index is -4.59. The molecule has 1 aliphatic heterocycles. The van der Waals surface area contributed by atoms with Gasteiger partial charge in [0.15, 0.2) is 6.10 Å². The number of hydrogen-bond donors (Lipinski definition) is 6. The first-order valence-corrected chi connectivity index (χ1v) is 25.1. The Labute approximate surface area is 379 Å². The highest BCUT2D eigenvalue weighted by Gasteiger charge is 2.48. The highest BCUT2D eigenvalue weighted by molar-refractivity contribution is 7.47. The molecule has 13 nitrogen and oxygen atoms in total. The van der Waals surface area contributed by atoms with Crippen LogP contribution in [0.4, 0.5) is 0 Å². The van der Waals surface area contributed by atoms with E-state index in [9.17, 15) is 34.7 Å². The van der Waals surface area contributed by atoms with Gasteiger partial charge in [-0.3, -0.25) is 13.8 Å². The summed E-state index contributed by atoms with van der Waals surface area (Å²) >= 11 is 0. The lowest BCUT2D eigenvalue weighted by Gasteiger charge is -2.41. The number of esters is 1. The van der Waals surface area contributed by atoms with Gasteiger partial charge >= 0.3 is 13.8 Å². The fourth-order valence-corrected chi connectivity index (χ4v) is 7.12. The van der Waals surface area contributed by atoms with Crippen molar-refractivity contribution in [2.75, 3.05) is 39.5 Å². The second-order valence-corrected chi connectivity index (χ2v) is 17.3. The van der Waals surface area contributed by atoms with Crippen LogP contribution in [0.5, 0.6) is 0 Å². The van der Waals surface area contributed by atoms with Crippen molar-refractivity contribution in [1.29, 1.82) is 0 Å². The van der Waals surface area contributed by atoms with E-state index in [1.165, 1.54) is 64.2 Å². The standard InChI is InChI=1S/C49H84NO12P/c1-3-5-7-9-11-13-15-17-19-20-21-22-23-24-26-28-30-32-34-36-46(52)62-44(40-58-38-35-33-31-29-27-25-18-16-14-12-10-8-6-4-2)41-61-63(56,57)60-39-37-50-43-49(55)48(54)47(53)45(51)42-59-49/h5,7,11,13,17,19,21-22,24,26,30,32,35,38,44-45,47-48,50-51,53-55H,3-4,6,8-10,12,14-16,18,20,23,25,27-29,31,33-34,36-37,39-43H2,1-2H3,(H,56,57)/b7-5-,13-11-,19-17-,22-21-,26-24-,32-30-,38-35-/t44-,45-,47-,48+,49-/m1/s1. The molecule has 1 unspecified atom stereocenters. The molecular formula is C49H84NO12P. The number of ether oxygens (including phenoxy) is 3. The van der Waals surface area contributed by atoms with Gasteiger partial charge in [-0.1, -0.05) is 157 Å². The van der Waals surface area contributed by atoms with Crippen LogP contribution in [0.3, 0.4) is 0 Å². The van der Waals surface area contributed by atoms with Crippen LogP contribution >= 0.6 is 7.82 Å². The number of unbranched alkanes of at least 4 members (excludes halogenated alkanes) is 12. The summed E-state index contributed by atoms with van der Waals surface area (Å²) in [5.74, 6) is -2.68. The number of hydrogen-bond acceptors (Lipinski definition) is 12. The second-order valence-electron chi connectivity index (χ2n) is 15.9. The van der Waals surface area contributed by atoms with Crippen molar-refractivity contribution < 1.29 is 57.9 Å². The number of rotatable bonds is 40. The average molecular weight is 910 g/mol. The van der Waals surface area contributed by atoms with Crippen LogP contribution in [0.1, 0.15) is 149 Å². The molecule has 0 aromatic carbocycles. The first kappa shape index (κ1) is 58.3. The second kappa shape index (κ2) is 39.7. The largest absolute Gasteiger partial charge is 0.498 e. The quantitative estimate of drug-likeness (QED) is 0.0112.